The highest BCUT2D eigenvalue weighted by Crippen LogP contribution is 2.37. The molecule has 1 aliphatic rings. The third-order valence-corrected chi connectivity index (χ3v) is 6.74. The van der Waals surface area contributed by atoms with Gasteiger partial charge in [0.15, 0.2) is 11.5 Å². The lowest BCUT2D eigenvalue weighted by Gasteiger charge is -2.04. The van der Waals surface area contributed by atoms with Crippen LogP contribution >= 0.6 is 0 Å². The number of methoxy groups -OCH3 is 2. The minimum absolute atomic E-state index is 0.125. The predicted octanol–water partition coefficient (Wildman–Crippen LogP) is 5.27. The van der Waals surface area contributed by atoms with Crippen LogP contribution in [0.2, 0.25) is 0 Å². The number of rotatable bonds is 13. The van der Waals surface area contributed by atoms with Crippen LogP contribution in [0.3, 0.4) is 0 Å². The molecule has 0 spiro atoms. The number of ether oxygens (including phenoxy) is 2. The molecule has 1 aliphatic carbocycles. The minimum Gasteiger partial charge on any atom is -0.497 e. The van der Waals surface area contributed by atoms with Crippen LogP contribution in [0, 0.1) is 0 Å². The fourth-order valence-corrected chi connectivity index (χ4v) is 4.56. The van der Waals surface area contributed by atoms with E-state index in [0.717, 1.165) is 31.2 Å². The highest BCUT2D eigenvalue weighted by atomic mass is 16.5. The number of aromatic amines is 1. The summed E-state index contributed by atoms with van der Waals surface area (Å²) in [7, 11) is 3.10. The first-order valence-electron chi connectivity index (χ1n) is 13.3. The number of amides is 2. The summed E-state index contributed by atoms with van der Waals surface area (Å²) >= 11 is 0. The number of aromatic nitrogens is 1. The number of aromatic hydroxyl groups is 1. The van der Waals surface area contributed by atoms with Crippen LogP contribution < -0.4 is 14.9 Å². The molecule has 0 aliphatic heterocycles. The minimum atomic E-state index is -0.350. The smallest absolute Gasteiger partial charge is 0.264 e. The normalized spacial score (nSPS) is 13.8. The Morgan fingerprint density at radius 2 is 1.62 bits per heavy atom. The second kappa shape index (κ2) is 13.5. The first-order chi connectivity index (χ1) is 19.4. The summed E-state index contributed by atoms with van der Waals surface area (Å²) in [5, 5.41) is 22.5. The number of H-pyrrole nitrogens is 1. The molecule has 2 amide bonds. The van der Waals surface area contributed by atoms with E-state index in [2.05, 4.69) is 25.7 Å². The van der Waals surface area contributed by atoms with Gasteiger partial charge in [-0.15, -0.1) is 10.2 Å². The van der Waals surface area contributed by atoms with E-state index in [4.69, 9.17) is 9.47 Å². The van der Waals surface area contributed by atoms with Crippen LogP contribution in [0.4, 0.5) is 5.69 Å². The van der Waals surface area contributed by atoms with Gasteiger partial charge in [-0.25, -0.2) is 5.43 Å². The van der Waals surface area contributed by atoms with Crippen molar-refractivity contribution in [3.8, 4) is 17.4 Å². The third kappa shape index (κ3) is 7.10. The molecule has 1 heterocycles. The van der Waals surface area contributed by atoms with Gasteiger partial charge in [0.1, 0.15) is 17.2 Å². The van der Waals surface area contributed by atoms with Crippen molar-refractivity contribution in [2.24, 2.45) is 15.3 Å². The van der Waals surface area contributed by atoms with Crippen molar-refractivity contribution in [1.29, 1.82) is 0 Å². The van der Waals surface area contributed by atoms with Crippen LogP contribution in [-0.4, -0.2) is 47.6 Å². The molecule has 3 N–H and O–H groups in total. The van der Waals surface area contributed by atoms with Crippen LogP contribution in [0.25, 0.3) is 10.9 Å². The molecule has 4 rings (SSSR count). The van der Waals surface area contributed by atoms with Gasteiger partial charge < -0.3 is 19.6 Å². The largest absolute Gasteiger partial charge is 0.497 e. The molecule has 2 aromatic carbocycles. The molecular formula is C29H33N5O6. The Balaban J connectivity index is 1.10. The summed E-state index contributed by atoms with van der Waals surface area (Å²) in [5.41, 5.74) is 5.21. The van der Waals surface area contributed by atoms with Crippen LogP contribution in [0.5, 0.6) is 17.4 Å². The van der Waals surface area contributed by atoms with Crippen LogP contribution in [-0.2, 0) is 20.8 Å². The van der Waals surface area contributed by atoms with Gasteiger partial charge in [0.25, 0.3) is 5.91 Å². The molecule has 0 saturated heterocycles. The highest BCUT2D eigenvalue weighted by Gasteiger charge is 2.27. The predicted molar refractivity (Wildman–Crippen MR) is 149 cm³/mol. The fraction of sp³-hybridized carbons (Fsp3) is 0.379. The van der Waals surface area contributed by atoms with Crippen molar-refractivity contribution in [2.75, 3.05) is 14.2 Å². The second-order valence-corrected chi connectivity index (χ2v) is 9.57. The number of carbonyl (C=O) groups is 3. The number of Topliss-reactive ketones (excluding diaryl/α,β-unsaturated/α-hetero) is 1. The molecule has 0 saturated carbocycles. The maximum absolute atomic E-state index is 12.3. The van der Waals surface area contributed by atoms with Crippen molar-refractivity contribution >= 4 is 39.9 Å². The van der Waals surface area contributed by atoms with E-state index in [1.165, 1.54) is 0 Å². The zero-order valence-electron chi connectivity index (χ0n) is 22.7. The van der Waals surface area contributed by atoms with E-state index < -0.39 is 0 Å². The van der Waals surface area contributed by atoms with Crippen molar-refractivity contribution in [3.63, 3.8) is 0 Å². The number of nitrogens with zero attached hydrogens (tertiary/aromatic N) is 3. The van der Waals surface area contributed by atoms with E-state index >= 15 is 0 Å². The standard InChI is InChI=1S/C29H33N5O6/c1-39-19-12-11-18-15-24(35)27(21(18)16-19)33-31-25(36)9-7-5-3-4-6-8-10-26(37)32-34-28-22-17-20(40-2)13-14-23(22)30-29(28)38/h11-14,16-17,30,38H,3-10,15H2,1-2H3,(H,31,36)/b33-27-,34-32?. The van der Waals surface area contributed by atoms with E-state index in [1.54, 1.807) is 44.6 Å². The van der Waals surface area contributed by atoms with Gasteiger partial charge in [0, 0.05) is 30.2 Å². The van der Waals surface area contributed by atoms with E-state index in [0.29, 0.717) is 47.2 Å². The number of unbranched alkanes of at least 4 members (excludes halogenated alkanes) is 5. The van der Waals surface area contributed by atoms with Gasteiger partial charge in [0.05, 0.1) is 19.7 Å². The number of fused-ring (bicyclic) bond motifs is 2. The molecule has 210 valence electrons. The maximum Gasteiger partial charge on any atom is 0.264 e. The van der Waals surface area contributed by atoms with E-state index in [9.17, 15) is 19.5 Å². The lowest BCUT2D eigenvalue weighted by Crippen LogP contribution is -2.21. The topological polar surface area (TPSA) is 155 Å². The average molecular weight is 548 g/mol. The monoisotopic (exact) mass is 547 g/mol. The molecule has 40 heavy (non-hydrogen) atoms. The first-order valence-corrected chi connectivity index (χ1v) is 13.3. The summed E-state index contributed by atoms with van der Waals surface area (Å²) in [6.07, 6.45) is 5.87. The summed E-state index contributed by atoms with van der Waals surface area (Å²) in [6, 6.07) is 10.6. The van der Waals surface area contributed by atoms with Gasteiger partial charge in [-0.2, -0.15) is 5.10 Å². The SMILES string of the molecule is COc1ccc2c(c1)/C(=N/NC(=O)CCCCCCCCC(=O)N=Nc1c(O)[nH]c3ccc(OC)cc13)C(=O)C2. The zero-order chi connectivity index (χ0) is 28.5. The third-order valence-electron chi connectivity index (χ3n) is 6.74. The number of nitrogens with one attached hydrogen (secondary N) is 2. The summed E-state index contributed by atoms with van der Waals surface area (Å²) in [6.45, 7) is 0. The van der Waals surface area contributed by atoms with Crippen molar-refractivity contribution in [1.82, 2.24) is 10.4 Å². The van der Waals surface area contributed by atoms with Crippen molar-refractivity contribution < 1.29 is 29.0 Å². The Hall–Kier alpha value is -4.54. The van der Waals surface area contributed by atoms with Gasteiger partial charge in [0.2, 0.25) is 11.8 Å². The van der Waals surface area contributed by atoms with Gasteiger partial charge in [-0.05, 0) is 48.7 Å². The number of hydrazone groups is 1. The lowest BCUT2D eigenvalue weighted by molar-refractivity contribution is -0.121. The Kier molecular flexibility index (Phi) is 9.61. The van der Waals surface area contributed by atoms with Gasteiger partial charge in [-0.1, -0.05) is 31.7 Å². The van der Waals surface area contributed by atoms with Crippen LogP contribution in [0.15, 0.2) is 51.7 Å². The average Bonchev–Trinajstić information content (AvgIpc) is 3.45. The highest BCUT2D eigenvalue weighted by molar-refractivity contribution is 6.49. The number of carbonyl (C=O) groups excluding carboxylic acids is 3. The molecule has 11 heteroatoms. The quantitative estimate of drug-likeness (QED) is 0.150. The Morgan fingerprint density at radius 1 is 0.950 bits per heavy atom. The number of ketones is 1. The molecular weight excluding hydrogens is 514 g/mol. The van der Waals surface area contributed by atoms with Crippen LogP contribution in [0.1, 0.15) is 62.5 Å². The molecule has 3 aromatic rings. The molecule has 0 fully saturated rings. The fourth-order valence-electron chi connectivity index (χ4n) is 4.56. The zero-order valence-corrected chi connectivity index (χ0v) is 22.7. The van der Waals surface area contributed by atoms with Gasteiger partial charge in [-0.3, -0.25) is 14.4 Å². The number of hydrogen-bond acceptors (Lipinski definition) is 8. The molecule has 0 unspecified atom stereocenters. The molecule has 0 atom stereocenters. The number of hydrogen-bond donors (Lipinski definition) is 3. The Morgan fingerprint density at radius 3 is 2.38 bits per heavy atom. The molecule has 0 bridgehead atoms. The summed E-state index contributed by atoms with van der Waals surface area (Å²) in [5.74, 6) is 0.383. The summed E-state index contributed by atoms with van der Waals surface area (Å²) in [4.78, 5) is 39.4. The molecule has 11 nitrogen and oxygen atoms in total. The number of azo groups is 1. The Labute approximate surface area is 231 Å². The van der Waals surface area contributed by atoms with Gasteiger partial charge >= 0.3 is 0 Å². The lowest BCUT2D eigenvalue weighted by atomic mass is 10.1. The van der Waals surface area contributed by atoms with E-state index in [-0.39, 0.29) is 47.7 Å². The van der Waals surface area contributed by atoms with E-state index in [1.807, 2.05) is 6.07 Å². The van der Waals surface area contributed by atoms with Crippen molar-refractivity contribution in [3.05, 3.63) is 47.5 Å². The number of benzene rings is 2. The summed E-state index contributed by atoms with van der Waals surface area (Å²) < 4.78 is 10.4. The molecule has 0 radical (unpaired) electrons. The maximum atomic E-state index is 12.3. The Bertz CT molecular complexity index is 1460. The first kappa shape index (κ1) is 28.5. The second-order valence-electron chi connectivity index (χ2n) is 9.57. The van der Waals surface area contributed by atoms with Crippen molar-refractivity contribution in [2.45, 2.75) is 57.8 Å². The molecule has 1 aromatic heterocycles.